The van der Waals surface area contributed by atoms with Gasteiger partial charge >= 0.3 is 5.97 Å². The van der Waals surface area contributed by atoms with Crippen LogP contribution in [0.4, 0.5) is 0 Å². The minimum absolute atomic E-state index is 0.152. The van der Waals surface area contributed by atoms with Crippen molar-refractivity contribution in [3.63, 3.8) is 0 Å². The molecule has 0 aromatic heterocycles. The highest BCUT2D eigenvalue weighted by molar-refractivity contribution is 7.98. The highest BCUT2D eigenvalue weighted by atomic mass is 32.2. The zero-order valence-electron chi connectivity index (χ0n) is 11.1. The van der Waals surface area contributed by atoms with Crippen LogP contribution < -0.4 is 0 Å². The van der Waals surface area contributed by atoms with E-state index < -0.39 is 11.9 Å². The Labute approximate surface area is 116 Å². The van der Waals surface area contributed by atoms with Gasteiger partial charge in [0.1, 0.15) is 11.7 Å². The Kier molecular flexibility index (Phi) is 5.76. The van der Waals surface area contributed by atoms with Crippen molar-refractivity contribution in [1.29, 1.82) is 0 Å². The SMILES string of the molecule is COC(=O)C(CC(=O)c1ccc(SC)cc1)C(C)=O. The van der Waals surface area contributed by atoms with E-state index >= 15 is 0 Å². The number of hydrogen-bond donors (Lipinski definition) is 0. The number of carbonyl (C=O) groups excluding carboxylic acids is 3. The zero-order valence-corrected chi connectivity index (χ0v) is 12.0. The number of rotatable bonds is 6. The van der Waals surface area contributed by atoms with Crippen LogP contribution in [-0.4, -0.2) is 30.9 Å². The molecule has 0 heterocycles. The lowest BCUT2D eigenvalue weighted by molar-refractivity contribution is -0.148. The van der Waals surface area contributed by atoms with Crippen LogP contribution in [0.15, 0.2) is 29.2 Å². The summed E-state index contributed by atoms with van der Waals surface area (Å²) in [7, 11) is 1.20. The molecule has 0 saturated carbocycles. The van der Waals surface area contributed by atoms with Gasteiger partial charge in [0, 0.05) is 16.9 Å². The van der Waals surface area contributed by atoms with Crippen molar-refractivity contribution >= 4 is 29.3 Å². The van der Waals surface area contributed by atoms with E-state index in [1.54, 1.807) is 23.9 Å². The maximum atomic E-state index is 12.0. The summed E-state index contributed by atoms with van der Waals surface area (Å²) in [6.07, 6.45) is 1.79. The zero-order chi connectivity index (χ0) is 14.4. The van der Waals surface area contributed by atoms with Crippen molar-refractivity contribution in [2.45, 2.75) is 18.2 Å². The average molecular weight is 280 g/mol. The Balaban J connectivity index is 2.81. The molecule has 0 fully saturated rings. The first-order valence-electron chi connectivity index (χ1n) is 5.75. The van der Waals surface area contributed by atoms with Crippen LogP contribution in [0.3, 0.4) is 0 Å². The molecule has 0 amide bonds. The minimum Gasteiger partial charge on any atom is -0.468 e. The van der Waals surface area contributed by atoms with Crippen molar-refractivity contribution in [2.24, 2.45) is 5.92 Å². The van der Waals surface area contributed by atoms with Crippen molar-refractivity contribution in [3.05, 3.63) is 29.8 Å². The number of benzene rings is 1. The second kappa shape index (κ2) is 7.09. The number of hydrogen-bond acceptors (Lipinski definition) is 5. The van der Waals surface area contributed by atoms with Crippen LogP contribution in [0.25, 0.3) is 0 Å². The molecule has 0 radical (unpaired) electrons. The van der Waals surface area contributed by atoms with E-state index in [4.69, 9.17) is 0 Å². The van der Waals surface area contributed by atoms with Crippen LogP contribution in [0.1, 0.15) is 23.7 Å². The Morgan fingerprint density at radius 1 is 1.21 bits per heavy atom. The van der Waals surface area contributed by atoms with Crippen LogP contribution in [0.2, 0.25) is 0 Å². The second-order valence-electron chi connectivity index (χ2n) is 4.04. The quantitative estimate of drug-likeness (QED) is 0.346. The fourth-order valence-electron chi connectivity index (χ4n) is 1.62. The van der Waals surface area contributed by atoms with Crippen LogP contribution in [-0.2, 0) is 14.3 Å². The first kappa shape index (κ1) is 15.4. The van der Waals surface area contributed by atoms with Crippen molar-refractivity contribution in [2.75, 3.05) is 13.4 Å². The van der Waals surface area contributed by atoms with E-state index in [1.807, 2.05) is 18.4 Å². The van der Waals surface area contributed by atoms with E-state index in [1.165, 1.54) is 14.0 Å². The predicted molar refractivity (Wildman–Crippen MR) is 73.4 cm³/mol. The smallest absolute Gasteiger partial charge is 0.316 e. The van der Waals surface area contributed by atoms with Gasteiger partial charge in [0.2, 0.25) is 0 Å². The molecule has 5 heteroatoms. The Bertz CT molecular complexity index is 479. The average Bonchev–Trinajstić information content (AvgIpc) is 2.43. The van der Waals surface area contributed by atoms with E-state index in [0.29, 0.717) is 5.56 Å². The number of esters is 1. The van der Waals surface area contributed by atoms with E-state index in [9.17, 15) is 14.4 Å². The molecule has 0 N–H and O–H groups in total. The molecule has 0 saturated heterocycles. The molecule has 0 spiro atoms. The molecule has 1 aromatic carbocycles. The van der Waals surface area contributed by atoms with Gasteiger partial charge in [0.25, 0.3) is 0 Å². The molecule has 1 rings (SSSR count). The topological polar surface area (TPSA) is 60.4 Å². The minimum atomic E-state index is -1.02. The normalized spacial score (nSPS) is 11.7. The van der Waals surface area contributed by atoms with Gasteiger partial charge in [0.05, 0.1) is 7.11 Å². The first-order chi connectivity index (χ1) is 8.99. The van der Waals surface area contributed by atoms with Gasteiger partial charge in [0.15, 0.2) is 5.78 Å². The Morgan fingerprint density at radius 2 is 1.79 bits per heavy atom. The molecule has 0 aliphatic carbocycles. The summed E-state index contributed by atoms with van der Waals surface area (Å²) in [5.41, 5.74) is 0.493. The Hall–Kier alpha value is -1.62. The third kappa shape index (κ3) is 4.21. The van der Waals surface area contributed by atoms with Crippen LogP contribution >= 0.6 is 11.8 Å². The van der Waals surface area contributed by atoms with E-state index in [2.05, 4.69) is 4.74 Å². The number of carbonyl (C=O) groups is 3. The fourth-order valence-corrected chi connectivity index (χ4v) is 2.02. The van der Waals surface area contributed by atoms with Crippen molar-refractivity contribution in [3.8, 4) is 0 Å². The molecule has 1 aromatic rings. The number of ketones is 2. The Morgan fingerprint density at radius 3 is 2.21 bits per heavy atom. The summed E-state index contributed by atoms with van der Waals surface area (Å²) in [4.78, 5) is 35.8. The van der Waals surface area contributed by atoms with Crippen molar-refractivity contribution in [1.82, 2.24) is 0 Å². The lowest BCUT2D eigenvalue weighted by Gasteiger charge is -2.10. The standard InChI is InChI=1S/C14H16O4S/c1-9(15)12(14(17)18-2)8-13(16)10-4-6-11(19-3)7-5-10/h4-7,12H,8H2,1-3H3. The number of methoxy groups -OCH3 is 1. The lowest BCUT2D eigenvalue weighted by atomic mass is 9.95. The third-order valence-electron chi connectivity index (χ3n) is 2.78. The molecular formula is C14H16O4S. The van der Waals surface area contributed by atoms with Gasteiger partial charge in [-0.3, -0.25) is 14.4 Å². The molecule has 0 aliphatic rings. The van der Waals surface area contributed by atoms with E-state index in [0.717, 1.165) is 4.90 Å². The molecule has 102 valence electrons. The number of ether oxygens (including phenoxy) is 1. The molecule has 1 unspecified atom stereocenters. The molecule has 1 atom stereocenters. The van der Waals surface area contributed by atoms with Gasteiger partial charge < -0.3 is 4.74 Å². The largest absolute Gasteiger partial charge is 0.468 e. The maximum Gasteiger partial charge on any atom is 0.316 e. The summed E-state index contributed by atoms with van der Waals surface area (Å²) in [6, 6.07) is 7.06. The predicted octanol–water partition coefficient (Wildman–Crippen LogP) is 2.36. The summed E-state index contributed by atoms with van der Waals surface area (Å²) >= 11 is 1.58. The van der Waals surface area contributed by atoms with Gasteiger partial charge in [-0.2, -0.15) is 0 Å². The van der Waals surface area contributed by atoms with Crippen LogP contribution in [0, 0.1) is 5.92 Å². The van der Waals surface area contributed by atoms with Crippen molar-refractivity contribution < 1.29 is 19.1 Å². The lowest BCUT2D eigenvalue weighted by Crippen LogP contribution is -2.26. The summed E-state index contributed by atoms with van der Waals surface area (Å²) in [5, 5.41) is 0. The third-order valence-corrected chi connectivity index (χ3v) is 3.52. The number of Topliss-reactive ketones (excluding diaryl/α,β-unsaturated/α-hetero) is 2. The highest BCUT2D eigenvalue weighted by Gasteiger charge is 2.27. The van der Waals surface area contributed by atoms with Gasteiger partial charge in [-0.1, -0.05) is 12.1 Å². The molecule has 0 aliphatic heterocycles. The fraction of sp³-hybridized carbons (Fsp3) is 0.357. The molecular weight excluding hydrogens is 264 g/mol. The first-order valence-corrected chi connectivity index (χ1v) is 6.97. The maximum absolute atomic E-state index is 12.0. The van der Waals surface area contributed by atoms with E-state index in [-0.39, 0.29) is 18.0 Å². The highest BCUT2D eigenvalue weighted by Crippen LogP contribution is 2.18. The molecule has 4 nitrogen and oxygen atoms in total. The van der Waals surface area contributed by atoms with Gasteiger partial charge in [-0.05, 0) is 25.3 Å². The summed E-state index contributed by atoms with van der Waals surface area (Å²) in [5.74, 6) is -2.28. The molecule has 19 heavy (non-hydrogen) atoms. The summed E-state index contributed by atoms with van der Waals surface area (Å²) in [6.45, 7) is 1.28. The number of thioether (sulfide) groups is 1. The van der Waals surface area contributed by atoms with Gasteiger partial charge in [-0.15, -0.1) is 11.8 Å². The van der Waals surface area contributed by atoms with Crippen LogP contribution in [0.5, 0.6) is 0 Å². The van der Waals surface area contributed by atoms with Gasteiger partial charge in [-0.25, -0.2) is 0 Å². The summed E-state index contributed by atoms with van der Waals surface area (Å²) < 4.78 is 4.53. The second-order valence-corrected chi connectivity index (χ2v) is 4.92. The monoisotopic (exact) mass is 280 g/mol. The molecule has 0 bridgehead atoms.